The molecule has 2 heterocycles. The summed E-state index contributed by atoms with van der Waals surface area (Å²) in [5.41, 5.74) is 0.916. The zero-order chi connectivity index (χ0) is 23.4. The van der Waals surface area contributed by atoms with Crippen molar-refractivity contribution in [2.24, 2.45) is 0 Å². The van der Waals surface area contributed by atoms with Gasteiger partial charge < -0.3 is 19.1 Å². The molecule has 1 aliphatic rings. The number of ether oxygens (including phenoxy) is 3. The van der Waals surface area contributed by atoms with Gasteiger partial charge in [-0.1, -0.05) is 12.1 Å². The van der Waals surface area contributed by atoms with Crippen molar-refractivity contribution in [2.75, 3.05) is 47.0 Å². The van der Waals surface area contributed by atoms with Gasteiger partial charge in [0.2, 0.25) is 15.9 Å². The van der Waals surface area contributed by atoms with E-state index in [0.29, 0.717) is 24.6 Å². The lowest BCUT2D eigenvalue weighted by Gasteiger charge is -2.34. The molecule has 0 radical (unpaired) electrons. The molecule has 176 valence electrons. The normalized spacial score (nSPS) is 15.0. The fraction of sp³-hybridized carbons (Fsp3) is 0.364. The van der Waals surface area contributed by atoms with Crippen molar-refractivity contribution in [3.63, 3.8) is 0 Å². The number of fused-ring (bicyclic) bond motifs is 1. The van der Waals surface area contributed by atoms with Gasteiger partial charge in [-0.2, -0.15) is 4.31 Å². The molecule has 1 aromatic heterocycles. The van der Waals surface area contributed by atoms with Crippen LogP contribution in [0.25, 0.3) is 10.2 Å². The Morgan fingerprint density at radius 1 is 1.03 bits per heavy atom. The predicted molar refractivity (Wildman–Crippen MR) is 124 cm³/mol. The number of thiazole rings is 1. The number of amides is 1. The molecule has 0 N–H and O–H groups in total. The number of carbonyl (C=O) groups is 1. The summed E-state index contributed by atoms with van der Waals surface area (Å²) in [5, 5.41) is 0.815. The number of hydrogen-bond donors (Lipinski definition) is 0. The van der Waals surface area contributed by atoms with Gasteiger partial charge in [-0.15, -0.1) is 11.3 Å². The van der Waals surface area contributed by atoms with Crippen LogP contribution in [0.2, 0.25) is 0 Å². The molecule has 0 bridgehead atoms. The maximum absolute atomic E-state index is 13.0. The molecule has 2 aromatic carbocycles. The molecule has 0 saturated carbocycles. The van der Waals surface area contributed by atoms with Crippen LogP contribution >= 0.6 is 11.3 Å². The second-order valence-corrected chi connectivity index (χ2v) is 10.4. The second kappa shape index (κ2) is 10.0. The number of hydrogen-bond acceptors (Lipinski definition) is 8. The Kier molecular flexibility index (Phi) is 7.13. The Hall–Kier alpha value is -2.73. The summed E-state index contributed by atoms with van der Waals surface area (Å²) in [7, 11) is -0.766. The molecule has 0 spiro atoms. The van der Waals surface area contributed by atoms with Crippen molar-refractivity contribution in [1.82, 2.24) is 14.2 Å². The van der Waals surface area contributed by atoms with E-state index in [4.69, 9.17) is 14.2 Å². The van der Waals surface area contributed by atoms with E-state index in [0.717, 1.165) is 15.2 Å². The van der Waals surface area contributed by atoms with Crippen molar-refractivity contribution >= 4 is 37.5 Å². The molecule has 3 aromatic rings. The summed E-state index contributed by atoms with van der Waals surface area (Å²) < 4.78 is 44.5. The first kappa shape index (κ1) is 23.4. The van der Waals surface area contributed by atoms with Gasteiger partial charge in [-0.3, -0.25) is 4.79 Å². The van der Waals surface area contributed by atoms with Crippen LogP contribution in [0.4, 0.5) is 0 Å². The highest BCUT2D eigenvalue weighted by atomic mass is 32.2. The third-order valence-corrected chi connectivity index (χ3v) is 8.28. The van der Waals surface area contributed by atoms with Gasteiger partial charge in [-0.25, -0.2) is 13.4 Å². The largest absolute Gasteiger partial charge is 0.493 e. The van der Waals surface area contributed by atoms with Crippen molar-refractivity contribution in [2.45, 2.75) is 11.5 Å². The van der Waals surface area contributed by atoms with Crippen LogP contribution in [0.3, 0.4) is 0 Å². The summed E-state index contributed by atoms with van der Waals surface area (Å²) in [5.74, 6) is 0.634. The van der Waals surface area contributed by atoms with Crippen LogP contribution in [0.1, 0.15) is 5.01 Å². The standard InChI is InChI=1S/C22H25N3O6S2/c1-29-18-8-7-16(13-19(18)30-2)33(27,28)25-11-9-24(10-12-25)22(26)15-31-14-21-23-17-5-3-4-6-20(17)32-21/h3-8,13H,9-12,14-15H2,1-2H3. The van der Waals surface area contributed by atoms with E-state index in [1.54, 1.807) is 11.0 Å². The minimum atomic E-state index is -3.71. The van der Waals surface area contributed by atoms with Gasteiger partial charge in [-0.05, 0) is 24.3 Å². The highest BCUT2D eigenvalue weighted by molar-refractivity contribution is 7.89. The first-order valence-electron chi connectivity index (χ1n) is 10.3. The number of nitrogens with zero attached hydrogens (tertiary/aromatic N) is 3. The monoisotopic (exact) mass is 491 g/mol. The molecular weight excluding hydrogens is 466 g/mol. The molecule has 1 saturated heterocycles. The van der Waals surface area contributed by atoms with E-state index < -0.39 is 10.0 Å². The molecule has 1 fully saturated rings. The highest BCUT2D eigenvalue weighted by Crippen LogP contribution is 2.31. The van der Waals surface area contributed by atoms with Gasteiger partial charge in [0.1, 0.15) is 11.6 Å². The van der Waals surface area contributed by atoms with Gasteiger partial charge in [0.05, 0.1) is 35.9 Å². The summed E-state index contributed by atoms with van der Waals surface area (Å²) in [4.78, 5) is 18.8. The number of methoxy groups -OCH3 is 2. The van der Waals surface area contributed by atoms with Crippen molar-refractivity contribution in [1.29, 1.82) is 0 Å². The lowest BCUT2D eigenvalue weighted by Crippen LogP contribution is -2.51. The molecular formula is C22H25N3O6S2. The summed E-state index contributed by atoms with van der Waals surface area (Å²) >= 11 is 1.54. The van der Waals surface area contributed by atoms with Gasteiger partial charge in [0.25, 0.3) is 0 Å². The average molecular weight is 492 g/mol. The summed E-state index contributed by atoms with van der Waals surface area (Å²) in [6.07, 6.45) is 0. The lowest BCUT2D eigenvalue weighted by molar-refractivity contribution is -0.137. The number of para-hydroxylation sites is 1. The number of benzene rings is 2. The zero-order valence-electron chi connectivity index (χ0n) is 18.4. The van der Waals surface area contributed by atoms with E-state index in [1.165, 1.54) is 42.0 Å². The van der Waals surface area contributed by atoms with E-state index in [1.807, 2.05) is 24.3 Å². The van der Waals surface area contributed by atoms with Crippen LogP contribution in [-0.2, 0) is 26.2 Å². The van der Waals surface area contributed by atoms with E-state index >= 15 is 0 Å². The molecule has 0 aliphatic carbocycles. The van der Waals surface area contributed by atoms with Crippen LogP contribution in [-0.4, -0.2) is 75.5 Å². The number of rotatable bonds is 8. The highest BCUT2D eigenvalue weighted by Gasteiger charge is 2.30. The maximum Gasteiger partial charge on any atom is 0.248 e. The van der Waals surface area contributed by atoms with Crippen molar-refractivity contribution in [3.8, 4) is 11.5 Å². The van der Waals surface area contributed by atoms with Gasteiger partial charge >= 0.3 is 0 Å². The van der Waals surface area contributed by atoms with Gasteiger partial charge in [0, 0.05) is 32.2 Å². The van der Waals surface area contributed by atoms with Crippen molar-refractivity contribution < 1.29 is 27.4 Å². The quantitative estimate of drug-likeness (QED) is 0.477. The molecule has 9 nitrogen and oxygen atoms in total. The molecule has 4 rings (SSSR count). The fourth-order valence-corrected chi connectivity index (χ4v) is 5.95. The van der Waals surface area contributed by atoms with Crippen molar-refractivity contribution in [3.05, 3.63) is 47.5 Å². The minimum Gasteiger partial charge on any atom is -0.493 e. The Balaban J connectivity index is 1.30. The lowest BCUT2D eigenvalue weighted by atomic mass is 10.3. The predicted octanol–water partition coefficient (Wildman–Crippen LogP) is 2.36. The van der Waals surface area contributed by atoms with Crippen LogP contribution < -0.4 is 9.47 Å². The van der Waals surface area contributed by atoms with Crippen LogP contribution in [0.15, 0.2) is 47.4 Å². The Morgan fingerprint density at radius 2 is 1.76 bits per heavy atom. The third-order valence-electron chi connectivity index (χ3n) is 5.37. The number of aromatic nitrogens is 1. The second-order valence-electron chi connectivity index (χ2n) is 7.37. The molecule has 33 heavy (non-hydrogen) atoms. The molecule has 0 unspecified atom stereocenters. The van der Waals surface area contributed by atoms with E-state index in [-0.39, 0.29) is 37.1 Å². The van der Waals surface area contributed by atoms with Crippen LogP contribution in [0.5, 0.6) is 11.5 Å². The Bertz CT molecular complexity index is 1200. The van der Waals surface area contributed by atoms with Gasteiger partial charge in [0.15, 0.2) is 11.5 Å². The Morgan fingerprint density at radius 3 is 2.45 bits per heavy atom. The number of sulfonamides is 1. The molecule has 11 heteroatoms. The fourth-order valence-electron chi connectivity index (χ4n) is 3.60. The maximum atomic E-state index is 13.0. The first-order valence-corrected chi connectivity index (χ1v) is 12.6. The Labute approximate surface area is 196 Å². The summed E-state index contributed by atoms with van der Waals surface area (Å²) in [6, 6.07) is 12.3. The minimum absolute atomic E-state index is 0.0711. The van der Waals surface area contributed by atoms with Crippen LogP contribution in [0, 0.1) is 0 Å². The SMILES string of the molecule is COc1ccc(S(=O)(=O)N2CCN(C(=O)COCc3nc4ccccc4s3)CC2)cc1OC. The average Bonchev–Trinajstić information content (AvgIpc) is 3.26. The smallest absolute Gasteiger partial charge is 0.248 e. The topological polar surface area (TPSA) is 98.3 Å². The number of carbonyl (C=O) groups excluding carboxylic acids is 1. The molecule has 1 aliphatic heterocycles. The zero-order valence-corrected chi connectivity index (χ0v) is 20.0. The molecule has 1 amide bonds. The first-order chi connectivity index (χ1) is 15.9. The third kappa shape index (κ3) is 5.11. The number of piperazine rings is 1. The van der Waals surface area contributed by atoms with E-state index in [9.17, 15) is 13.2 Å². The van der Waals surface area contributed by atoms with E-state index in [2.05, 4.69) is 4.98 Å². The summed E-state index contributed by atoms with van der Waals surface area (Å²) in [6.45, 7) is 1.21. The molecule has 0 atom stereocenters.